The number of halogens is 2. The van der Waals surface area contributed by atoms with Crippen molar-refractivity contribution in [1.29, 1.82) is 0 Å². The second-order valence-corrected chi connectivity index (χ2v) is 6.58. The van der Waals surface area contributed by atoms with Crippen LogP contribution in [0.4, 0.5) is 8.78 Å². The molecular weight excluding hydrogens is 276 g/mol. The topological polar surface area (TPSA) is 12.0 Å². The van der Waals surface area contributed by atoms with E-state index in [1.807, 2.05) is 13.8 Å². The molecule has 1 N–H and O–H groups in total. The second kappa shape index (κ2) is 6.02. The van der Waals surface area contributed by atoms with Gasteiger partial charge >= 0.3 is 0 Å². The summed E-state index contributed by atoms with van der Waals surface area (Å²) in [4.78, 5) is 2.52. The molecular formula is C16H19F2NS. The third kappa shape index (κ3) is 3.07. The first kappa shape index (κ1) is 15.1. The zero-order valence-corrected chi connectivity index (χ0v) is 12.9. The summed E-state index contributed by atoms with van der Waals surface area (Å²) < 4.78 is 27.0. The van der Waals surface area contributed by atoms with Gasteiger partial charge in [-0.05, 0) is 45.4 Å². The van der Waals surface area contributed by atoms with Crippen molar-refractivity contribution in [2.75, 3.05) is 0 Å². The number of benzene rings is 1. The van der Waals surface area contributed by atoms with Gasteiger partial charge in [0, 0.05) is 27.4 Å². The molecule has 0 saturated heterocycles. The van der Waals surface area contributed by atoms with Crippen molar-refractivity contribution >= 4 is 11.3 Å². The van der Waals surface area contributed by atoms with Crippen molar-refractivity contribution in [2.45, 2.75) is 39.8 Å². The largest absolute Gasteiger partial charge is 0.304 e. The Balaban J connectivity index is 2.17. The fourth-order valence-corrected chi connectivity index (χ4v) is 3.51. The number of nitrogens with one attached hydrogen (secondary N) is 1. The van der Waals surface area contributed by atoms with Gasteiger partial charge in [0.2, 0.25) is 0 Å². The van der Waals surface area contributed by atoms with Gasteiger partial charge in [0.15, 0.2) is 11.6 Å². The normalized spacial score (nSPS) is 14.3. The first-order valence-corrected chi connectivity index (χ1v) is 7.48. The molecule has 2 aromatic rings. The zero-order chi connectivity index (χ0) is 14.9. The molecule has 108 valence electrons. The number of aryl methyl sites for hydroxylation is 2. The molecule has 1 nitrogen and oxygen atoms in total. The quantitative estimate of drug-likeness (QED) is 0.831. The van der Waals surface area contributed by atoms with E-state index in [-0.39, 0.29) is 12.1 Å². The highest BCUT2D eigenvalue weighted by atomic mass is 32.1. The SMILES string of the molecule is Cc1cc(C(C)NC(C)c2cccc(F)c2F)c(C)s1. The van der Waals surface area contributed by atoms with Gasteiger partial charge in [0.25, 0.3) is 0 Å². The van der Waals surface area contributed by atoms with Crippen LogP contribution in [0.2, 0.25) is 0 Å². The summed E-state index contributed by atoms with van der Waals surface area (Å²) in [5.41, 5.74) is 1.58. The summed E-state index contributed by atoms with van der Waals surface area (Å²) >= 11 is 1.75. The Morgan fingerprint density at radius 3 is 2.30 bits per heavy atom. The van der Waals surface area contributed by atoms with Crippen molar-refractivity contribution in [3.8, 4) is 0 Å². The van der Waals surface area contributed by atoms with Crippen LogP contribution in [-0.4, -0.2) is 0 Å². The maximum atomic E-state index is 13.8. The predicted molar refractivity (Wildman–Crippen MR) is 80.1 cm³/mol. The molecule has 1 aromatic heterocycles. The Labute approximate surface area is 122 Å². The molecule has 0 aliphatic rings. The Morgan fingerprint density at radius 2 is 1.70 bits per heavy atom. The number of thiophene rings is 1. The van der Waals surface area contributed by atoms with Gasteiger partial charge in [0.05, 0.1) is 0 Å². The third-order valence-electron chi connectivity index (χ3n) is 3.49. The monoisotopic (exact) mass is 295 g/mol. The second-order valence-electron chi connectivity index (χ2n) is 5.12. The molecule has 0 aliphatic carbocycles. The van der Waals surface area contributed by atoms with E-state index in [1.54, 1.807) is 17.4 Å². The smallest absolute Gasteiger partial charge is 0.163 e. The van der Waals surface area contributed by atoms with Gasteiger partial charge in [-0.15, -0.1) is 11.3 Å². The first-order valence-electron chi connectivity index (χ1n) is 6.67. The number of hydrogen-bond acceptors (Lipinski definition) is 2. The lowest BCUT2D eigenvalue weighted by molar-refractivity contribution is 0.449. The Bertz CT molecular complexity index is 607. The van der Waals surface area contributed by atoms with Gasteiger partial charge in [0.1, 0.15) is 0 Å². The average molecular weight is 295 g/mol. The van der Waals surface area contributed by atoms with Crippen LogP contribution in [0.5, 0.6) is 0 Å². The van der Waals surface area contributed by atoms with Gasteiger partial charge in [-0.25, -0.2) is 8.78 Å². The van der Waals surface area contributed by atoms with Crippen LogP contribution in [0.25, 0.3) is 0 Å². The van der Waals surface area contributed by atoms with Crippen molar-refractivity contribution in [2.24, 2.45) is 0 Å². The van der Waals surface area contributed by atoms with E-state index < -0.39 is 11.6 Å². The summed E-state index contributed by atoms with van der Waals surface area (Å²) in [7, 11) is 0. The standard InChI is InChI=1S/C16H19F2NS/c1-9-8-14(12(4)20-9)11(3)19-10(2)13-6-5-7-15(17)16(13)18/h5-8,10-11,19H,1-4H3. The Morgan fingerprint density at radius 1 is 1.05 bits per heavy atom. The molecule has 0 aliphatic heterocycles. The molecule has 2 atom stereocenters. The fraction of sp³-hybridized carbons (Fsp3) is 0.375. The average Bonchev–Trinajstić information content (AvgIpc) is 2.71. The van der Waals surface area contributed by atoms with Crippen molar-refractivity contribution in [3.05, 3.63) is 56.8 Å². The minimum Gasteiger partial charge on any atom is -0.304 e. The van der Waals surface area contributed by atoms with Crippen LogP contribution in [0.15, 0.2) is 24.3 Å². The lowest BCUT2D eigenvalue weighted by Crippen LogP contribution is -2.23. The number of rotatable bonds is 4. The Hall–Kier alpha value is -1.26. The summed E-state index contributed by atoms with van der Waals surface area (Å²) in [6, 6.07) is 6.29. The molecule has 0 bridgehead atoms. The Kier molecular flexibility index (Phi) is 4.55. The minimum absolute atomic E-state index is 0.0950. The summed E-state index contributed by atoms with van der Waals surface area (Å²) in [6.45, 7) is 8.05. The molecule has 1 aromatic carbocycles. The minimum atomic E-state index is -0.800. The van der Waals surface area contributed by atoms with E-state index >= 15 is 0 Å². The van der Waals surface area contributed by atoms with Crippen LogP contribution in [0.3, 0.4) is 0 Å². The summed E-state index contributed by atoms with van der Waals surface area (Å²) in [5.74, 6) is -1.57. The van der Waals surface area contributed by atoms with Crippen molar-refractivity contribution in [1.82, 2.24) is 5.32 Å². The van der Waals surface area contributed by atoms with Gasteiger partial charge < -0.3 is 5.32 Å². The lowest BCUT2D eigenvalue weighted by Gasteiger charge is -2.21. The molecule has 0 radical (unpaired) electrons. The highest BCUT2D eigenvalue weighted by Crippen LogP contribution is 2.28. The molecule has 2 unspecified atom stereocenters. The number of hydrogen-bond donors (Lipinski definition) is 1. The van der Waals surface area contributed by atoms with Crippen LogP contribution in [0.1, 0.15) is 46.8 Å². The van der Waals surface area contributed by atoms with E-state index in [1.165, 1.54) is 21.4 Å². The van der Waals surface area contributed by atoms with E-state index in [4.69, 9.17) is 0 Å². The van der Waals surface area contributed by atoms with Gasteiger partial charge in [-0.1, -0.05) is 12.1 Å². The summed E-state index contributed by atoms with van der Waals surface area (Å²) in [6.07, 6.45) is 0. The molecule has 20 heavy (non-hydrogen) atoms. The zero-order valence-electron chi connectivity index (χ0n) is 12.1. The van der Waals surface area contributed by atoms with E-state index in [0.29, 0.717) is 5.56 Å². The van der Waals surface area contributed by atoms with Gasteiger partial charge in [-0.3, -0.25) is 0 Å². The lowest BCUT2D eigenvalue weighted by atomic mass is 10.0. The van der Waals surface area contributed by atoms with Crippen LogP contribution >= 0.6 is 11.3 Å². The molecule has 0 fully saturated rings. The van der Waals surface area contributed by atoms with Crippen LogP contribution < -0.4 is 5.32 Å². The molecule has 4 heteroatoms. The molecule has 2 rings (SSSR count). The highest BCUT2D eigenvalue weighted by molar-refractivity contribution is 7.12. The summed E-state index contributed by atoms with van der Waals surface area (Å²) in [5, 5.41) is 3.33. The van der Waals surface area contributed by atoms with Crippen LogP contribution in [0, 0.1) is 25.5 Å². The van der Waals surface area contributed by atoms with E-state index in [9.17, 15) is 8.78 Å². The van der Waals surface area contributed by atoms with E-state index in [0.717, 1.165) is 6.07 Å². The molecule has 0 saturated carbocycles. The molecule has 0 amide bonds. The van der Waals surface area contributed by atoms with Crippen LogP contribution in [-0.2, 0) is 0 Å². The molecule has 0 spiro atoms. The maximum Gasteiger partial charge on any atom is 0.163 e. The molecule has 1 heterocycles. The van der Waals surface area contributed by atoms with Gasteiger partial charge in [-0.2, -0.15) is 0 Å². The fourth-order valence-electron chi connectivity index (χ4n) is 2.49. The maximum absolute atomic E-state index is 13.8. The first-order chi connectivity index (χ1) is 9.40. The predicted octanol–water partition coefficient (Wildman–Crippen LogP) is 5.05. The van der Waals surface area contributed by atoms with E-state index in [2.05, 4.69) is 25.2 Å². The third-order valence-corrected chi connectivity index (χ3v) is 4.48. The van der Waals surface area contributed by atoms with Crippen molar-refractivity contribution in [3.63, 3.8) is 0 Å². The highest BCUT2D eigenvalue weighted by Gasteiger charge is 2.18. The van der Waals surface area contributed by atoms with Crippen molar-refractivity contribution < 1.29 is 8.78 Å².